The SMILES string of the molecule is O=C(Cc1cccs1)N1CC[C@H]2[C@H](CCCN2CCCc2ccccc2)C1. The predicted octanol–water partition coefficient (Wildman–Crippen LogP) is 4.24. The largest absolute Gasteiger partial charge is 0.342 e. The first-order chi connectivity index (χ1) is 13.3. The minimum Gasteiger partial charge on any atom is -0.342 e. The number of amides is 1. The van der Waals surface area contributed by atoms with Gasteiger partial charge in [-0.15, -0.1) is 11.3 Å². The van der Waals surface area contributed by atoms with Crippen LogP contribution in [0.2, 0.25) is 0 Å². The molecule has 1 aromatic heterocycles. The van der Waals surface area contributed by atoms with E-state index in [-0.39, 0.29) is 0 Å². The van der Waals surface area contributed by atoms with Crippen LogP contribution < -0.4 is 0 Å². The van der Waals surface area contributed by atoms with Crippen LogP contribution in [0.3, 0.4) is 0 Å². The standard InChI is InChI=1S/C23H30N2OS/c26-23(17-21-11-6-16-27-21)25-15-12-22-20(18-25)10-5-14-24(22)13-4-9-19-7-2-1-3-8-19/h1-3,6-8,11,16,20,22H,4-5,9-10,12-15,17-18H2/t20-,22+/m1/s1. The highest BCUT2D eigenvalue weighted by molar-refractivity contribution is 7.10. The molecule has 4 heteroatoms. The van der Waals surface area contributed by atoms with Crippen molar-refractivity contribution < 1.29 is 4.79 Å². The first-order valence-electron chi connectivity index (χ1n) is 10.4. The quantitative estimate of drug-likeness (QED) is 0.746. The number of benzene rings is 1. The van der Waals surface area contributed by atoms with Gasteiger partial charge in [0, 0.05) is 24.0 Å². The number of piperidine rings is 2. The lowest BCUT2D eigenvalue weighted by atomic mass is 9.83. The second-order valence-electron chi connectivity index (χ2n) is 7.98. The van der Waals surface area contributed by atoms with Crippen molar-refractivity contribution in [1.82, 2.24) is 9.80 Å². The van der Waals surface area contributed by atoms with Crippen LogP contribution in [0, 0.1) is 5.92 Å². The molecule has 3 nitrogen and oxygen atoms in total. The van der Waals surface area contributed by atoms with Gasteiger partial charge in [0.2, 0.25) is 5.91 Å². The van der Waals surface area contributed by atoms with E-state index in [1.165, 1.54) is 49.2 Å². The molecule has 4 rings (SSSR count). The molecule has 2 atom stereocenters. The van der Waals surface area contributed by atoms with E-state index >= 15 is 0 Å². The summed E-state index contributed by atoms with van der Waals surface area (Å²) >= 11 is 1.69. The Balaban J connectivity index is 1.28. The van der Waals surface area contributed by atoms with Crippen LogP contribution in [0.15, 0.2) is 47.8 Å². The number of thiophene rings is 1. The van der Waals surface area contributed by atoms with E-state index < -0.39 is 0 Å². The number of aryl methyl sites for hydroxylation is 1. The molecule has 0 radical (unpaired) electrons. The molecule has 0 unspecified atom stereocenters. The summed E-state index contributed by atoms with van der Waals surface area (Å²) in [4.78, 5) is 18.7. The summed E-state index contributed by atoms with van der Waals surface area (Å²) < 4.78 is 0. The predicted molar refractivity (Wildman–Crippen MR) is 112 cm³/mol. The van der Waals surface area contributed by atoms with Gasteiger partial charge in [-0.05, 0) is 68.1 Å². The fraction of sp³-hybridized carbons (Fsp3) is 0.522. The Morgan fingerprint density at radius 1 is 1.07 bits per heavy atom. The summed E-state index contributed by atoms with van der Waals surface area (Å²) in [5.41, 5.74) is 1.44. The fourth-order valence-corrected chi connectivity index (χ4v) is 5.51. The van der Waals surface area contributed by atoms with E-state index in [2.05, 4.69) is 51.6 Å². The average molecular weight is 383 g/mol. The average Bonchev–Trinajstić information content (AvgIpc) is 3.21. The zero-order chi connectivity index (χ0) is 18.5. The molecule has 0 N–H and O–H groups in total. The minimum atomic E-state index is 0.317. The summed E-state index contributed by atoms with van der Waals surface area (Å²) in [5, 5.41) is 2.06. The third-order valence-electron chi connectivity index (χ3n) is 6.19. The van der Waals surface area contributed by atoms with E-state index in [4.69, 9.17) is 0 Å². The van der Waals surface area contributed by atoms with Crippen LogP contribution in [0.5, 0.6) is 0 Å². The van der Waals surface area contributed by atoms with Crippen LogP contribution in [-0.2, 0) is 17.6 Å². The molecule has 27 heavy (non-hydrogen) atoms. The lowest BCUT2D eigenvalue weighted by Gasteiger charge is -2.47. The Morgan fingerprint density at radius 3 is 2.78 bits per heavy atom. The van der Waals surface area contributed by atoms with Gasteiger partial charge >= 0.3 is 0 Å². The van der Waals surface area contributed by atoms with Crippen LogP contribution >= 0.6 is 11.3 Å². The number of hydrogen-bond acceptors (Lipinski definition) is 3. The van der Waals surface area contributed by atoms with E-state index in [0.717, 1.165) is 19.5 Å². The second-order valence-corrected chi connectivity index (χ2v) is 9.01. The summed E-state index contributed by atoms with van der Waals surface area (Å²) in [6, 6.07) is 15.6. The molecule has 1 aromatic carbocycles. The molecule has 2 aliphatic heterocycles. The summed E-state index contributed by atoms with van der Waals surface area (Å²) in [6.45, 7) is 4.32. The molecule has 2 aliphatic rings. The molecule has 2 aromatic rings. The Bertz CT molecular complexity index is 715. The maximum atomic E-state index is 12.7. The van der Waals surface area contributed by atoms with E-state index in [0.29, 0.717) is 24.3 Å². The molecule has 0 spiro atoms. The van der Waals surface area contributed by atoms with Crippen molar-refractivity contribution in [3.05, 3.63) is 58.3 Å². The second kappa shape index (κ2) is 9.03. The van der Waals surface area contributed by atoms with Gasteiger partial charge in [-0.25, -0.2) is 0 Å². The molecule has 2 fully saturated rings. The molecule has 1 amide bonds. The summed E-state index contributed by atoms with van der Waals surface area (Å²) in [7, 11) is 0. The van der Waals surface area contributed by atoms with Crippen molar-refractivity contribution in [2.45, 2.75) is 44.6 Å². The highest BCUT2D eigenvalue weighted by Crippen LogP contribution is 2.31. The van der Waals surface area contributed by atoms with E-state index in [1.807, 2.05) is 6.07 Å². The van der Waals surface area contributed by atoms with Gasteiger partial charge in [0.15, 0.2) is 0 Å². The Kier molecular flexibility index (Phi) is 6.25. The molecular weight excluding hydrogens is 352 g/mol. The van der Waals surface area contributed by atoms with Gasteiger partial charge in [0.25, 0.3) is 0 Å². The smallest absolute Gasteiger partial charge is 0.227 e. The van der Waals surface area contributed by atoms with Gasteiger partial charge in [-0.2, -0.15) is 0 Å². The van der Waals surface area contributed by atoms with Gasteiger partial charge in [-0.1, -0.05) is 36.4 Å². The molecule has 2 saturated heterocycles. The van der Waals surface area contributed by atoms with Crippen molar-refractivity contribution in [3.63, 3.8) is 0 Å². The third-order valence-corrected chi connectivity index (χ3v) is 7.07. The Labute approximate surface area is 167 Å². The van der Waals surface area contributed by atoms with Gasteiger partial charge in [0.05, 0.1) is 6.42 Å². The normalized spacial score (nSPS) is 23.2. The maximum Gasteiger partial charge on any atom is 0.227 e. The van der Waals surface area contributed by atoms with Crippen molar-refractivity contribution in [1.29, 1.82) is 0 Å². The van der Waals surface area contributed by atoms with Gasteiger partial charge in [0.1, 0.15) is 0 Å². The number of hydrogen-bond donors (Lipinski definition) is 0. The Morgan fingerprint density at radius 2 is 1.96 bits per heavy atom. The van der Waals surface area contributed by atoms with E-state index in [1.54, 1.807) is 11.3 Å². The molecule has 3 heterocycles. The topological polar surface area (TPSA) is 23.6 Å². The highest BCUT2D eigenvalue weighted by Gasteiger charge is 2.36. The van der Waals surface area contributed by atoms with Crippen molar-refractivity contribution in [3.8, 4) is 0 Å². The number of rotatable bonds is 6. The molecule has 0 aliphatic carbocycles. The van der Waals surface area contributed by atoms with Gasteiger partial charge in [-0.3, -0.25) is 9.69 Å². The lowest BCUT2D eigenvalue weighted by Crippen LogP contribution is -2.55. The lowest BCUT2D eigenvalue weighted by molar-refractivity contribution is -0.134. The van der Waals surface area contributed by atoms with Crippen molar-refractivity contribution in [2.75, 3.05) is 26.2 Å². The minimum absolute atomic E-state index is 0.317. The summed E-state index contributed by atoms with van der Waals surface area (Å²) in [6.07, 6.45) is 6.68. The first-order valence-corrected chi connectivity index (χ1v) is 11.3. The van der Waals surface area contributed by atoms with Crippen molar-refractivity contribution >= 4 is 17.2 Å². The molecule has 0 saturated carbocycles. The van der Waals surface area contributed by atoms with Crippen LogP contribution in [-0.4, -0.2) is 47.9 Å². The first kappa shape index (κ1) is 18.7. The fourth-order valence-electron chi connectivity index (χ4n) is 4.82. The van der Waals surface area contributed by atoms with Crippen molar-refractivity contribution in [2.24, 2.45) is 5.92 Å². The Hall–Kier alpha value is -1.65. The zero-order valence-corrected chi connectivity index (χ0v) is 16.9. The molecule has 0 bridgehead atoms. The monoisotopic (exact) mass is 382 g/mol. The highest BCUT2D eigenvalue weighted by atomic mass is 32.1. The number of likely N-dealkylation sites (tertiary alicyclic amines) is 2. The maximum absolute atomic E-state index is 12.7. The third kappa shape index (κ3) is 4.80. The van der Waals surface area contributed by atoms with Crippen LogP contribution in [0.1, 0.15) is 36.1 Å². The number of fused-ring (bicyclic) bond motifs is 1. The van der Waals surface area contributed by atoms with Crippen LogP contribution in [0.25, 0.3) is 0 Å². The van der Waals surface area contributed by atoms with E-state index in [9.17, 15) is 4.79 Å². The number of carbonyl (C=O) groups is 1. The molecule has 144 valence electrons. The molecular formula is C23H30N2OS. The van der Waals surface area contributed by atoms with Crippen LogP contribution in [0.4, 0.5) is 0 Å². The number of nitrogens with zero attached hydrogens (tertiary/aromatic N) is 2. The summed E-state index contributed by atoms with van der Waals surface area (Å²) in [5.74, 6) is 0.980. The van der Waals surface area contributed by atoms with Gasteiger partial charge < -0.3 is 4.90 Å². The number of carbonyl (C=O) groups excluding carboxylic acids is 1. The zero-order valence-electron chi connectivity index (χ0n) is 16.1.